The molecule has 0 aliphatic carbocycles. The van der Waals surface area contributed by atoms with Crippen LogP contribution in [0.2, 0.25) is 0 Å². The molecular weight excluding hydrogens is 126 g/mol. The zero-order valence-corrected chi connectivity index (χ0v) is 5.67. The monoisotopic (exact) mass is 136 g/mol. The van der Waals surface area contributed by atoms with E-state index in [9.17, 15) is 0 Å². The third kappa shape index (κ3) is 1.48. The van der Waals surface area contributed by atoms with E-state index in [1.165, 1.54) is 0 Å². The minimum atomic E-state index is 0.309. The Morgan fingerprint density at radius 3 is 3.00 bits per heavy atom. The van der Waals surface area contributed by atoms with Gasteiger partial charge in [-0.05, 0) is 36.7 Å². The van der Waals surface area contributed by atoms with Gasteiger partial charge in [-0.25, -0.2) is 0 Å². The van der Waals surface area contributed by atoms with Crippen LogP contribution in [0, 0.1) is 6.07 Å². The van der Waals surface area contributed by atoms with Crippen LogP contribution in [0.3, 0.4) is 0 Å². The van der Waals surface area contributed by atoms with Crippen molar-refractivity contribution in [3.05, 3.63) is 29.8 Å². The van der Waals surface area contributed by atoms with Crippen LogP contribution in [0.25, 0.3) is 0 Å². The Hall–Kier alpha value is -1.02. The summed E-state index contributed by atoms with van der Waals surface area (Å²) in [5.74, 6) is 0.309. The van der Waals surface area contributed by atoms with Gasteiger partial charge in [0.1, 0.15) is 5.75 Å². The molecule has 0 heterocycles. The van der Waals surface area contributed by atoms with E-state index in [-0.39, 0.29) is 0 Å². The number of benzene rings is 1. The summed E-state index contributed by atoms with van der Waals surface area (Å²) >= 11 is 0. The fourth-order valence-corrected chi connectivity index (χ4v) is 0.812. The van der Waals surface area contributed by atoms with Crippen LogP contribution < -0.4 is 5.73 Å². The average Bonchev–Trinajstić information content (AvgIpc) is 1.94. The quantitative estimate of drug-likeness (QED) is 0.628. The van der Waals surface area contributed by atoms with Gasteiger partial charge < -0.3 is 10.8 Å². The fourth-order valence-electron chi connectivity index (χ4n) is 0.812. The Balaban J connectivity index is 2.81. The number of nitrogens with two attached hydrogens (primary N) is 1. The van der Waals surface area contributed by atoms with E-state index in [1.54, 1.807) is 18.2 Å². The highest BCUT2D eigenvalue weighted by Crippen LogP contribution is 2.14. The van der Waals surface area contributed by atoms with E-state index in [0.29, 0.717) is 18.7 Å². The minimum Gasteiger partial charge on any atom is -0.508 e. The Labute approximate surface area is 60.3 Å². The molecule has 53 valence electrons. The zero-order valence-electron chi connectivity index (χ0n) is 5.67. The van der Waals surface area contributed by atoms with Gasteiger partial charge in [-0.3, -0.25) is 0 Å². The summed E-state index contributed by atoms with van der Waals surface area (Å²) in [6.07, 6.45) is 0.711. The molecule has 1 aromatic carbocycles. The van der Waals surface area contributed by atoms with Gasteiger partial charge in [-0.1, -0.05) is 6.07 Å². The molecule has 2 nitrogen and oxygen atoms in total. The molecule has 0 spiro atoms. The summed E-state index contributed by atoms with van der Waals surface area (Å²) in [4.78, 5) is 0. The molecule has 0 saturated heterocycles. The van der Waals surface area contributed by atoms with Crippen LogP contribution in [0.1, 0.15) is 5.56 Å². The summed E-state index contributed by atoms with van der Waals surface area (Å²) in [6.45, 7) is 0.561. The lowest BCUT2D eigenvalue weighted by Gasteiger charge is -1.99. The molecule has 0 bridgehead atoms. The Bertz CT molecular complexity index is 210. The molecule has 0 atom stereocenters. The number of hydrogen-bond acceptors (Lipinski definition) is 2. The molecule has 2 heteroatoms. The predicted molar refractivity (Wildman–Crippen MR) is 39.7 cm³/mol. The van der Waals surface area contributed by atoms with Crippen LogP contribution in [-0.4, -0.2) is 11.7 Å². The van der Waals surface area contributed by atoms with Crippen molar-refractivity contribution in [1.82, 2.24) is 0 Å². The van der Waals surface area contributed by atoms with E-state index in [1.807, 2.05) is 0 Å². The van der Waals surface area contributed by atoms with E-state index in [4.69, 9.17) is 10.8 Å². The van der Waals surface area contributed by atoms with Crippen molar-refractivity contribution in [2.75, 3.05) is 6.54 Å². The smallest absolute Gasteiger partial charge is 0.118 e. The fraction of sp³-hybridized carbons (Fsp3) is 0.250. The first kappa shape index (κ1) is 7.09. The standard InChI is InChI=1S/C8H10NO/c9-6-5-7-3-1-2-4-8(7)10/h2-4,10H,5-6,9H2. The third-order valence-electron chi connectivity index (χ3n) is 1.34. The molecule has 1 rings (SSSR count). The SMILES string of the molecule is NCCc1c[c]ccc1O. The van der Waals surface area contributed by atoms with Crippen LogP contribution in [0.15, 0.2) is 18.2 Å². The number of phenolic OH excluding ortho intramolecular Hbond substituents is 1. The third-order valence-corrected chi connectivity index (χ3v) is 1.34. The molecule has 0 fully saturated rings. The van der Waals surface area contributed by atoms with Gasteiger partial charge in [0.05, 0.1) is 0 Å². The van der Waals surface area contributed by atoms with Gasteiger partial charge in [-0.15, -0.1) is 0 Å². The highest BCUT2D eigenvalue weighted by atomic mass is 16.3. The first-order valence-corrected chi connectivity index (χ1v) is 3.22. The summed E-state index contributed by atoms with van der Waals surface area (Å²) in [5, 5.41) is 9.17. The molecule has 0 saturated carbocycles. The number of aromatic hydroxyl groups is 1. The number of hydrogen-bond donors (Lipinski definition) is 2. The highest BCUT2D eigenvalue weighted by molar-refractivity contribution is 5.31. The Kier molecular flexibility index (Phi) is 2.29. The number of phenols is 1. The largest absolute Gasteiger partial charge is 0.508 e. The van der Waals surface area contributed by atoms with E-state index < -0.39 is 0 Å². The van der Waals surface area contributed by atoms with E-state index in [0.717, 1.165) is 5.56 Å². The number of rotatable bonds is 2. The van der Waals surface area contributed by atoms with Crippen LogP contribution in [0.5, 0.6) is 5.75 Å². The molecule has 10 heavy (non-hydrogen) atoms. The van der Waals surface area contributed by atoms with E-state index in [2.05, 4.69) is 6.07 Å². The maximum Gasteiger partial charge on any atom is 0.118 e. The second-order valence-electron chi connectivity index (χ2n) is 2.09. The molecule has 0 aliphatic rings. The van der Waals surface area contributed by atoms with Gasteiger partial charge in [0, 0.05) is 0 Å². The molecule has 0 aliphatic heterocycles. The minimum absolute atomic E-state index is 0.309. The molecule has 0 amide bonds. The highest BCUT2D eigenvalue weighted by Gasteiger charge is 1.95. The molecule has 0 unspecified atom stereocenters. The van der Waals surface area contributed by atoms with Crippen molar-refractivity contribution in [1.29, 1.82) is 0 Å². The first-order chi connectivity index (χ1) is 4.84. The molecule has 3 N–H and O–H groups in total. The van der Waals surface area contributed by atoms with Crippen LogP contribution in [0.4, 0.5) is 0 Å². The topological polar surface area (TPSA) is 46.2 Å². The van der Waals surface area contributed by atoms with Crippen molar-refractivity contribution in [3.8, 4) is 5.75 Å². The molecule has 1 aromatic rings. The predicted octanol–water partition coefficient (Wildman–Crippen LogP) is 0.694. The van der Waals surface area contributed by atoms with Crippen molar-refractivity contribution in [2.45, 2.75) is 6.42 Å². The van der Waals surface area contributed by atoms with Crippen molar-refractivity contribution in [3.63, 3.8) is 0 Å². The normalized spacial score (nSPS) is 9.70. The van der Waals surface area contributed by atoms with Crippen molar-refractivity contribution in [2.24, 2.45) is 5.73 Å². The summed E-state index contributed by atoms with van der Waals surface area (Å²) in [7, 11) is 0. The first-order valence-electron chi connectivity index (χ1n) is 3.22. The van der Waals surface area contributed by atoms with E-state index >= 15 is 0 Å². The summed E-state index contributed by atoms with van der Waals surface area (Å²) in [5.41, 5.74) is 6.17. The Morgan fingerprint density at radius 2 is 2.40 bits per heavy atom. The van der Waals surface area contributed by atoms with Crippen molar-refractivity contribution >= 4 is 0 Å². The lowest BCUT2D eigenvalue weighted by Crippen LogP contribution is -2.02. The van der Waals surface area contributed by atoms with Gasteiger partial charge in [0.25, 0.3) is 0 Å². The van der Waals surface area contributed by atoms with Gasteiger partial charge in [-0.2, -0.15) is 0 Å². The van der Waals surface area contributed by atoms with Crippen LogP contribution in [-0.2, 0) is 6.42 Å². The lowest BCUT2D eigenvalue weighted by molar-refractivity contribution is 0.468. The summed E-state index contributed by atoms with van der Waals surface area (Å²) in [6, 6.07) is 7.92. The average molecular weight is 136 g/mol. The Morgan fingerprint density at radius 1 is 1.60 bits per heavy atom. The van der Waals surface area contributed by atoms with Crippen LogP contribution >= 0.6 is 0 Å². The van der Waals surface area contributed by atoms with Gasteiger partial charge in [0.15, 0.2) is 0 Å². The lowest BCUT2D eigenvalue weighted by atomic mass is 10.1. The van der Waals surface area contributed by atoms with Gasteiger partial charge >= 0.3 is 0 Å². The summed E-state index contributed by atoms with van der Waals surface area (Å²) < 4.78 is 0. The molecular formula is C8H10NO. The molecule has 1 radical (unpaired) electrons. The zero-order chi connectivity index (χ0) is 7.40. The van der Waals surface area contributed by atoms with Crippen molar-refractivity contribution < 1.29 is 5.11 Å². The van der Waals surface area contributed by atoms with Gasteiger partial charge in [0.2, 0.25) is 0 Å². The second-order valence-corrected chi connectivity index (χ2v) is 2.09. The maximum absolute atomic E-state index is 9.17. The second kappa shape index (κ2) is 3.22. The molecule has 0 aromatic heterocycles. The maximum atomic E-state index is 9.17.